The van der Waals surface area contributed by atoms with Gasteiger partial charge < -0.3 is 0 Å². The van der Waals surface area contributed by atoms with E-state index in [-0.39, 0.29) is 6.04 Å². The molecule has 0 aliphatic carbocycles. The first-order valence-electron chi connectivity index (χ1n) is 5.44. The first-order chi connectivity index (χ1) is 7.82. The molecule has 5 heteroatoms. The molecule has 0 unspecified atom stereocenters. The molecule has 0 aliphatic heterocycles. The standard InChI is InChI=1S/C12H18ClNO2S/c1-9(2)14(4)17(15,16)12-7-5-6-11(8-13)10(12)3/h5-7,9H,8H2,1-4H3. The van der Waals surface area contributed by atoms with E-state index in [1.54, 1.807) is 26.1 Å². The number of hydrogen-bond acceptors (Lipinski definition) is 2. The molecule has 0 amide bonds. The minimum atomic E-state index is -3.43. The molecule has 0 atom stereocenters. The monoisotopic (exact) mass is 275 g/mol. The van der Waals surface area contributed by atoms with Gasteiger partial charge in [-0.3, -0.25) is 0 Å². The topological polar surface area (TPSA) is 37.4 Å². The lowest BCUT2D eigenvalue weighted by molar-refractivity contribution is 0.410. The number of hydrogen-bond donors (Lipinski definition) is 0. The number of benzene rings is 1. The fourth-order valence-electron chi connectivity index (χ4n) is 1.52. The van der Waals surface area contributed by atoms with Crippen LogP contribution in [0.25, 0.3) is 0 Å². The van der Waals surface area contributed by atoms with Crippen molar-refractivity contribution in [3.05, 3.63) is 29.3 Å². The third-order valence-corrected chi connectivity index (χ3v) is 5.39. The van der Waals surface area contributed by atoms with Crippen LogP contribution in [0.5, 0.6) is 0 Å². The maximum absolute atomic E-state index is 12.3. The Morgan fingerprint density at radius 2 is 1.94 bits per heavy atom. The van der Waals surface area contributed by atoms with Crippen LogP contribution in [0, 0.1) is 6.92 Å². The number of alkyl halides is 1. The fraction of sp³-hybridized carbons (Fsp3) is 0.500. The van der Waals surface area contributed by atoms with Gasteiger partial charge in [-0.25, -0.2) is 8.42 Å². The smallest absolute Gasteiger partial charge is 0.207 e. The molecule has 3 nitrogen and oxygen atoms in total. The van der Waals surface area contributed by atoms with Crippen molar-refractivity contribution < 1.29 is 8.42 Å². The van der Waals surface area contributed by atoms with Crippen LogP contribution in [0.4, 0.5) is 0 Å². The van der Waals surface area contributed by atoms with Gasteiger partial charge in [-0.05, 0) is 38.0 Å². The molecule has 0 bridgehead atoms. The summed E-state index contributed by atoms with van der Waals surface area (Å²) in [6.45, 7) is 5.48. The first kappa shape index (κ1) is 14.5. The van der Waals surface area contributed by atoms with Crippen molar-refractivity contribution >= 4 is 21.6 Å². The number of sulfonamides is 1. The van der Waals surface area contributed by atoms with Gasteiger partial charge in [-0.15, -0.1) is 11.6 Å². The summed E-state index contributed by atoms with van der Waals surface area (Å²) in [4.78, 5) is 0.340. The third-order valence-electron chi connectivity index (χ3n) is 2.92. The second-order valence-electron chi connectivity index (χ2n) is 4.29. The van der Waals surface area contributed by atoms with Crippen molar-refractivity contribution in [2.24, 2.45) is 0 Å². The van der Waals surface area contributed by atoms with Gasteiger partial charge in [0.25, 0.3) is 0 Å². The van der Waals surface area contributed by atoms with Crippen molar-refractivity contribution in [3.8, 4) is 0 Å². The quantitative estimate of drug-likeness (QED) is 0.793. The van der Waals surface area contributed by atoms with E-state index in [1.165, 1.54) is 4.31 Å². The Kier molecular flexibility index (Phi) is 4.58. The van der Waals surface area contributed by atoms with Crippen molar-refractivity contribution in [2.75, 3.05) is 7.05 Å². The summed E-state index contributed by atoms with van der Waals surface area (Å²) in [7, 11) is -1.84. The van der Waals surface area contributed by atoms with E-state index >= 15 is 0 Å². The number of halogens is 1. The molecule has 0 aromatic heterocycles. The van der Waals surface area contributed by atoms with Crippen molar-refractivity contribution in [1.29, 1.82) is 0 Å². The minimum Gasteiger partial charge on any atom is -0.207 e. The second kappa shape index (κ2) is 5.38. The van der Waals surface area contributed by atoms with Crippen molar-refractivity contribution in [3.63, 3.8) is 0 Å². The average molecular weight is 276 g/mol. The molecule has 0 fully saturated rings. The summed E-state index contributed by atoms with van der Waals surface area (Å²) < 4.78 is 26.1. The Hall–Kier alpha value is -0.580. The van der Waals surface area contributed by atoms with Gasteiger partial charge in [-0.1, -0.05) is 12.1 Å². The molecule has 0 saturated heterocycles. The lowest BCUT2D eigenvalue weighted by Gasteiger charge is -2.22. The molecule has 0 heterocycles. The van der Waals surface area contributed by atoms with Gasteiger partial charge in [0.2, 0.25) is 10.0 Å². The average Bonchev–Trinajstić information content (AvgIpc) is 2.27. The van der Waals surface area contributed by atoms with Crippen LogP contribution < -0.4 is 0 Å². The zero-order chi connectivity index (χ0) is 13.2. The van der Waals surface area contributed by atoms with E-state index in [2.05, 4.69) is 0 Å². The summed E-state index contributed by atoms with van der Waals surface area (Å²) in [5.74, 6) is 0.320. The summed E-state index contributed by atoms with van der Waals surface area (Å²) in [6, 6.07) is 5.13. The van der Waals surface area contributed by atoms with E-state index < -0.39 is 10.0 Å². The largest absolute Gasteiger partial charge is 0.243 e. The van der Waals surface area contributed by atoms with E-state index in [0.29, 0.717) is 10.8 Å². The van der Waals surface area contributed by atoms with Crippen LogP contribution in [0.15, 0.2) is 23.1 Å². The molecule has 0 N–H and O–H groups in total. The SMILES string of the molecule is Cc1c(CCl)cccc1S(=O)(=O)N(C)C(C)C. The molecule has 1 aromatic rings. The van der Waals surface area contributed by atoms with Crippen molar-refractivity contribution in [2.45, 2.75) is 37.6 Å². The van der Waals surface area contributed by atoms with E-state index in [9.17, 15) is 8.42 Å². The second-order valence-corrected chi connectivity index (χ2v) is 6.52. The van der Waals surface area contributed by atoms with E-state index in [4.69, 9.17) is 11.6 Å². The molecule has 0 radical (unpaired) electrons. The Morgan fingerprint density at radius 3 is 2.41 bits per heavy atom. The summed E-state index contributed by atoms with van der Waals surface area (Å²) >= 11 is 5.79. The molecule has 96 valence electrons. The molecule has 0 spiro atoms. The Balaban J connectivity index is 3.34. The van der Waals surface area contributed by atoms with Crippen molar-refractivity contribution in [1.82, 2.24) is 4.31 Å². The van der Waals surface area contributed by atoms with Crippen LogP contribution >= 0.6 is 11.6 Å². The van der Waals surface area contributed by atoms with E-state index in [0.717, 1.165) is 11.1 Å². The lowest BCUT2D eigenvalue weighted by Crippen LogP contribution is -2.33. The summed E-state index contributed by atoms with van der Waals surface area (Å²) in [5, 5.41) is 0. The highest BCUT2D eigenvalue weighted by molar-refractivity contribution is 7.89. The number of rotatable bonds is 4. The van der Waals surface area contributed by atoms with Gasteiger partial charge in [0, 0.05) is 19.0 Å². The van der Waals surface area contributed by atoms with Crippen LogP contribution in [0.1, 0.15) is 25.0 Å². The Bertz CT molecular complexity index is 497. The molecule has 0 saturated carbocycles. The highest BCUT2D eigenvalue weighted by atomic mass is 35.5. The first-order valence-corrected chi connectivity index (χ1v) is 7.42. The highest BCUT2D eigenvalue weighted by Crippen LogP contribution is 2.23. The third kappa shape index (κ3) is 2.81. The molecule has 17 heavy (non-hydrogen) atoms. The zero-order valence-electron chi connectivity index (χ0n) is 10.6. The minimum absolute atomic E-state index is 0.0703. The summed E-state index contributed by atoms with van der Waals surface area (Å²) in [6.07, 6.45) is 0. The fourth-order valence-corrected chi connectivity index (χ4v) is 3.44. The zero-order valence-corrected chi connectivity index (χ0v) is 12.1. The summed E-state index contributed by atoms with van der Waals surface area (Å²) in [5.41, 5.74) is 1.58. The van der Waals surface area contributed by atoms with Crippen LogP contribution in [-0.4, -0.2) is 25.8 Å². The van der Waals surface area contributed by atoms with Gasteiger partial charge >= 0.3 is 0 Å². The van der Waals surface area contributed by atoms with Crippen LogP contribution in [0.2, 0.25) is 0 Å². The van der Waals surface area contributed by atoms with E-state index in [1.807, 2.05) is 19.9 Å². The van der Waals surface area contributed by atoms with Crippen LogP contribution in [-0.2, 0) is 15.9 Å². The Labute approximate surface area is 108 Å². The normalized spacial score (nSPS) is 12.4. The predicted molar refractivity (Wildman–Crippen MR) is 70.8 cm³/mol. The maximum Gasteiger partial charge on any atom is 0.243 e. The molecule has 1 rings (SSSR count). The molecular formula is C12H18ClNO2S. The Morgan fingerprint density at radius 1 is 1.35 bits per heavy atom. The molecule has 0 aliphatic rings. The lowest BCUT2D eigenvalue weighted by atomic mass is 10.1. The number of nitrogens with zero attached hydrogens (tertiary/aromatic N) is 1. The van der Waals surface area contributed by atoms with Gasteiger partial charge in [-0.2, -0.15) is 4.31 Å². The van der Waals surface area contributed by atoms with Gasteiger partial charge in [0.1, 0.15) is 0 Å². The highest BCUT2D eigenvalue weighted by Gasteiger charge is 2.25. The molecular weight excluding hydrogens is 258 g/mol. The van der Waals surface area contributed by atoms with Gasteiger partial charge in [0.15, 0.2) is 0 Å². The molecule has 1 aromatic carbocycles. The van der Waals surface area contributed by atoms with Crippen LogP contribution in [0.3, 0.4) is 0 Å². The predicted octanol–water partition coefficient (Wildman–Crippen LogP) is 2.76. The van der Waals surface area contributed by atoms with Gasteiger partial charge in [0.05, 0.1) is 4.90 Å². The maximum atomic E-state index is 12.3.